The molecule has 1 aliphatic heterocycles. The van der Waals surface area contributed by atoms with Crippen LogP contribution < -0.4 is 5.32 Å². The second kappa shape index (κ2) is 8.33. The summed E-state index contributed by atoms with van der Waals surface area (Å²) in [5, 5.41) is 3.21. The van der Waals surface area contributed by atoms with Gasteiger partial charge >= 0.3 is 0 Å². The summed E-state index contributed by atoms with van der Waals surface area (Å²) in [6, 6.07) is 9.20. The first-order valence-corrected chi connectivity index (χ1v) is 9.83. The molecule has 2 aromatic carbocycles. The highest BCUT2D eigenvalue weighted by molar-refractivity contribution is 6.43. The Morgan fingerprint density at radius 3 is 2.21 bits per heavy atom. The molecule has 0 radical (unpaired) electrons. The number of benzene rings is 2. The topological polar surface area (TPSA) is 66.5 Å². The fraction of sp³-hybridized carbons (Fsp3) is 0.286. The lowest BCUT2D eigenvalue weighted by Gasteiger charge is -2.25. The van der Waals surface area contributed by atoms with Crippen LogP contribution in [0.15, 0.2) is 36.4 Å². The number of unbranched alkanes of at least 4 members (excludes halogenated alkanes) is 1. The predicted molar refractivity (Wildman–Crippen MR) is 110 cm³/mol. The average Bonchev–Trinajstić information content (AvgIpc) is 2.87. The molecule has 1 atom stereocenters. The Balaban J connectivity index is 1.92. The number of anilines is 1. The fourth-order valence-corrected chi connectivity index (χ4v) is 3.59. The maximum Gasteiger partial charge on any atom is 0.262 e. The molecule has 0 bridgehead atoms. The molecule has 146 valence electrons. The molecule has 3 amide bonds. The lowest BCUT2D eigenvalue weighted by Crippen LogP contribution is -2.47. The van der Waals surface area contributed by atoms with E-state index in [0.29, 0.717) is 18.5 Å². The third-order valence-electron chi connectivity index (χ3n) is 4.69. The first-order valence-electron chi connectivity index (χ1n) is 9.08. The summed E-state index contributed by atoms with van der Waals surface area (Å²) >= 11 is 12.0. The van der Waals surface area contributed by atoms with E-state index >= 15 is 0 Å². The van der Waals surface area contributed by atoms with Crippen molar-refractivity contribution in [1.82, 2.24) is 4.90 Å². The third kappa shape index (κ3) is 3.91. The smallest absolute Gasteiger partial charge is 0.262 e. The molecule has 0 aromatic heterocycles. The quantitative estimate of drug-likeness (QED) is 0.663. The number of fused-ring (bicyclic) bond motifs is 1. The van der Waals surface area contributed by atoms with Crippen molar-refractivity contribution in [2.24, 2.45) is 0 Å². The van der Waals surface area contributed by atoms with Gasteiger partial charge in [-0.1, -0.05) is 55.1 Å². The summed E-state index contributed by atoms with van der Waals surface area (Å²) in [4.78, 5) is 39.8. The molecule has 3 rings (SSSR count). The second-order valence-electron chi connectivity index (χ2n) is 6.81. The van der Waals surface area contributed by atoms with Crippen molar-refractivity contribution in [3.8, 4) is 0 Å². The number of hydrogen-bond donors (Lipinski definition) is 1. The molecular weight excluding hydrogens is 399 g/mol. The van der Waals surface area contributed by atoms with Crippen LogP contribution in [-0.4, -0.2) is 28.7 Å². The Kier molecular flexibility index (Phi) is 6.06. The lowest BCUT2D eigenvalue weighted by atomic mass is 10.1. The van der Waals surface area contributed by atoms with E-state index in [2.05, 4.69) is 5.32 Å². The molecule has 0 spiro atoms. The first kappa shape index (κ1) is 20.4. The number of carbonyl (C=O) groups excluding carboxylic acids is 3. The van der Waals surface area contributed by atoms with Crippen LogP contribution in [0.1, 0.15) is 52.5 Å². The zero-order valence-electron chi connectivity index (χ0n) is 15.6. The Bertz CT molecular complexity index is 918. The van der Waals surface area contributed by atoms with Gasteiger partial charge in [-0.2, -0.15) is 0 Å². The molecule has 0 saturated heterocycles. The average molecular weight is 419 g/mol. The maximum absolute atomic E-state index is 13.0. The van der Waals surface area contributed by atoms with E-state index in [0.717, 1.165) is 16.9 Å². The summed E-state index contributed by atoms with van der Waals surface area (Å²) in [7, 11) is 0. The molecule has 2 aromatic rings. The summed E-state index contributed by atoms with van der Waals surface area (Å²) < 4.78 is 0. The molecular formula is C21H20Cl2N2O3. The van der Waals surface area contributed by atoms with Crippen molar-refractivity contribution in [2.45, 2.75) is 39.2 Å². The van der Waals surface area contributed by atoms with Gasteiger partial charge in [-0.15, -0.1) is 0 Å². The van der Waals surface area contributed by atoms with Crippen LogP contribution in [0.2, 0.25) is 10.0 Å². The molecule has 0 saturated carbocycles. The van der Waals surface area contributed by atoms with Crippen molar-refractivity contribution in [3.05, 3.63) is 63.1 Å². The highest BCUT2D eigenvalue weighted by atomic mass is 35.5. The van der Waals surface area contributed by atoms with Gasteiger partial charge in [0.1, 0.15) is 6.04 Å². The van der Waals surface area contributed by atoms with Gasteiger partial charge in [0, 0.05) is 5.69 Å². The minimum atomic E-state index is -0.912. The highest BCUT2D eigenvalue weighted by Crippen LogP contribution is 2.33. The number of carbonyl (C=O) groups is 3. The number of nitrogens with one attached hydrogen (secondary N) is 1. The predicted octanol–water partition coefficient (Wildman–Crippen LogP) is 5.10. The number of halogens is 2. The first-order chi connectivity index (χ1) is 13.3. The van der Waals surface area contributed by atoms with E-state index in [1.165, 1.54) is 12.1 Å². The molecule has 5 nitrogen and oxygen atoms in total. The van der Waals surface area contributed by atoms with Crippen molar-refractivity contribution >= 4 is 46.6 Å². The van der Waals surface area contributed by atoms with Crippen LogP contribution in [0.5, 0.6) is 0 Å². The van der Waals surface area contributed by atoms with Gasteiger partial charge in [0.2, 0.25) is 5.91 Å². The standard InChI is InChI=1S/C21H20Cl2N2O3/c1-3-4-8-18(19(26)24-13-7-5-6-12(2)9-13)25-20(27)14-10-16(22)17(23)11-15(14)21(25)28/h5-7,9-11,18H,3-4,8H2,1-2H3,(H,24,26). The van der Waals surface area contributed by atoms with E-state index in [1.54, 1.807) is 6.07 Å². The molecule has 1 N–H and O–H groups in total. The number of amides is 3. The second-order valence-corrected chi connectivity index (χ2v) is 7.62. The lowest BCUT2D eigenvalue weighted by molar-refractivity contribution is -0.120. The third-order valence-corrected chi connectivity index (χ3v) is 5.41. The van der Waals surface area contributed by atoms with E-state index in [1.807, 2.05) is 32.0 Å². The van der Waals surface area contributed by atoms with Crippen LogP contribution in [-0.2, 0) is 4.79 Å². The van der Waals surface area contributed by atoms with Crippen molar-refractivity contribution in [2.75, 3.05) is 5.32 Å². The molecule has 0 fully saturated rings. The minimum absolute atomic E-state index is 0.171. The summed E-state index contributed by atoms with van der Waals surface area (Å²) in [6.45, 7) is 3.90. The Hall–Kier alpha value is -2.37. The normalized spacial score (nSPS) is 14.2. The van der Waals surface area contributed by atoms with E-state index in [9.17, 15) is 14.4 Å². The van der Waals surface area contributed by atoms with E-state index in [4.69, 9.17) is 23.2 Å². The van der Waals surface area contributed by atoms with Crippen LogP contribution in [0.4, 0.5) is 5.69 Å². The van der Waals surface area contributed by atoms with Crippen molar-refractivity contribution in [1.29, 1.82) is 0 Å². The zero-order chi connectivity index (χ0) is 20.4. The number of imide groups is 1. The SMILES string of the molecule is CCCCC(C(=O)Nc1cccc(C)c1)N1C(=O)c2cc(Cl)c(Cl)cc2C1=O. The fourth-order valence-electron chi connectivity index (χ4n) is 3.26. The molecule has 28 heavy (non-hydrogen) atoms. The molecule has 0 aliphatic carbocycles. The highest BCUT2D eigenvalue weighted by Gasteiger charge is 2.43. The number of hydrogen-bond acceptors (Lipinski definition) is 3. The van der Waals surface area contributed by atoms with Gasteiger partial charge in [0.15, 0.2) is 0 Å². The van der Waals surface area contributed by atoms with E-state index in [-0.39, 0.29) is 21.2 Å². The van der Waals surface area contributed by atoms with Gasteiger partial charge in [0.25, 0.3) is 11.8 Å². The van der Waals surface area contributed by atoms with Crippen LogP contribution >= 0.6 is 23.2 Å². The summed E-state index contributed by atoms with van der Waals surface area (Å²) in [6.07, 6.45) is 1.90. The van der Waals surface area contributed by atoms with Gasteiger partial charge in [-0.3, -0.25) is 19.3 Å². The largest absolute Gasteiger partial charge is 0.324 e. The summed E-state index contributed by atoms with van der Waals surface area (Å²) in [5.74, 6) is -1.45. The number of rotatable bonds is 6. The van der Waals surface area contributed by atoms with Crippen LogP contribution in [0.3, 0.4) is 0 Å². The maximum atomic E-state index is 13.0. The van der Waals surface area contributed by atoms with Crippen LogP contribution in [0.25, 0.3) is 0 Å². The zero-order valence-corrected chi connectivity index (χ0v) is 17.1. The molecule has 7 heteroatoms. The number of aryl methyl sites for hydroxylation is 1. The Morgan fingerprint density at radius 1 is 1.07 bits per heavy atom. The van der Waals surface area contributed by atoms with Crippen LogP contribution in [0, 0.1) is 6.92 Å². The molecule has 1 heterocycles. The summed E-state index contributed by atoms with van der Waals surface area (Å²) in [5.41, 5.74) is 1.95. The molecule has 1 aliphatic rings. The van der Waals surface area contributed by atoms with Gasteiger partial charge in [-0.25, -0.2) is 0 Å². The van der Waals surface area contributed by atoms with Gasteiger partial charge < -0.3 is 5.32 Å². The van der Waals surface area contributed by atoms with Gasteiger partial charge in [0.05, 0.1) is 21.2 Å². The Morgan fingerprint density at radius 2 is 1.68 bits per heavy atom. The van der Waals surface area contributed by atoms with Crippen molar-refractivity contribution < 1.29 is 14.4 Å². The number of nitrogens with zero attached hydrogens (tertiary/aromatic N) is 1. The molecule has 1 unspecified atom stereocenters. The van der Waals surface area contributed by atoms with E-state index < -0.39 is 23.8 Å². The van der Waals surface area contributed by atoms with Gasteiger partial charge in [-0.05, 0) is 43.2 Å². The van der Waals surface area contributed by atoms with Crippen molar-refractivity contribution in [3.63, 3.8) is 0 Å². The minimum Gasteiger partial charge on any atom is -0.324 e. The monoisotopic (exact) mass is 418 g/mol. The Labute approximate surface area is 173 Å².